The van der Waals surface area contributed by atoms with Crippen LogP contribution in [0.5, 0.6) is 0 Å². The van der Waals surface area contributed by atoms with Gasteiger partial charge in [0.15, 0.2) is 0 Å². The maximum atomic E-state index is 5.97. The molecule has 1 unspecified atom stereocenters. The van der Waals surface area contributed by atoms with Crippen molar-refractivity contribution < 1.29 is 9.47 Å². The van der Waals surface area contributed by atoms with Gasteiger partial charge in [-0.1, -0.05) is 0 Å². The van der Waals surface area contributed by atoms with E-state index in [4.69, 9.17) is 15.2 Å². The molecule has 1 heterocycles. The van der Waals surface area contributed by atoms with Crippen LogP contribution in [0.4, 0.5) is 0 Å². The van der Waals surface area contributed by atoms with E-state index >= 15 is 0 Å². The second-order valence-electron chi connectivity index (χ2n) is 4.56. The minimum Gasteiger partial charge on any atom is -0.385 e. The molecule has 1 atom stereocenters. The highest BCUT2D eigenvalue weighted by atomic mass is 79.9. The summed E-state index contributed by atoms with van der Waals surface area (Å²) in [6.45, 7) is 3.75. The number of aromatic nitrogens is 1. The predicted octanol–water partition coefficient (Wildman–Crippen LogP) is 1.83. The van der Waals surface area contributed by atoms with E-state index in [0.29, 0.717) is 13.2 Å². The normalized spacial score (nSPS) is 12.8. The highest BCUT2D eigenvalue weighted by Crippen LogP contribution is 2.22. The summed E-state index contributed by atoms with van der Waals surface area (Å²) in [7, 11) is 3.43. The molecule has 0 aromatic carbocycles. The third-order valence-electron chi connectivity index (χ3n) is 3.15. The van der Waals surface area contributed by atoms with Crippen molar-refractivity contribution in [2.45, 2.75) is 12.5 Å². The molecule has 2 N–H and O–H groups in total. The fourth-order valence-electron chi connectivity index (χ4n) is 2.15. The molecule has 0 spiro atoms. The van der Waals surface area contributed by atoms with Crippen molar-refractivity contribution in [3.05, 3.63) is 28.5 Å². The van der Waals surface area contributed by atoms with E-state index in [0.717, 1.165) is 36.2 Å². The number of nitrogens with zero attached hydrogens (tertiary/aromatic N) is 2. The minimum absolute atomic E-state index is 0.145. The highest BCUT2D eigenvalue weighted by molar-refractivity contribution is 9.10. The minimum atomic E-state index is 0.145. The molecule has 6 heteroatoms. The van der Waals surface area contributed by atoms with Crippen molar-refractivity contribution in [1.82, 2.24) is 9.88 Å². The summed E-state index contributed by atoms with van der Waals surface area (Å²) in [6.07, 6.45) is 4.62. The zero-order valence-electron chi connectivity index (χ0n) is 12.2. The van der Waals surface area contributed by atoms with Gasteiger partial charge in [0.2, 0.25) is 0 Å². The maximum absolute atomic E-state index is 5.97. The Balaban J connectivity index is 2.77. The Morgan fingerprint density at radius 1 is 1.25 bits per heavy atom. The first-order valence-electron chi connectivity index (χ1n) is 6.75. The van der Waals surface area contributed by atoms with E-state index in [-0.39, 0.29) is 6.04 Å². The van der Waals surface area contributed by atoms with E-state index in [2.05, 4.69) is 31.9 Å². The lowest BCUT2D eigenvalue weighted by atomic mass is 10.1. The van der Waals surface area contributed by atoms with Crippen molar-refractivity contribution >= 4 is 15.9 Å². The smallest absolute Gasteiger partial charge is 0.0589 e. The fourth-order valence-corrected chi connectivity index (χ4v) is 2.53. The van der Waals surface area contributed by atoms with Gasteiger partial charge in [0.1, 0.15) is 0 Å². The molecule has 20 heavy (non-hydrogen) atoms. The Kier molecular flexibility index (Phi) is 8.97. The third-order valence-corrected chi connectivity index (χ3v) is 3.58. The molecule has 1 aromatic heterocycles. The molecule has 1 aromatic rings. The maximum Gasteiger partial charge on any atom is 0.0589 e. The Morgan fingerprint density at radius 2 is 2.00 bits per heavy atom. The second kappa shape index (κ2) is 10.2. The van der Waals surface area contributed by atoms with Crippen LogP contribution in [-0.4, -0.2) is 57.0 Å². The Hall–Kier alpha value is -0.530. The number of halogens is 1. The summed E-state index contributed by atoms with van der Waals surface area (Å²) in [5, 5.41) is 0. The summed E-state index contributed by atoms with van der Waals surface area (Å²) < 4.78 is 11.3. The van der Waals surface area contributed by atoms with Gasteiger partial charge in [0.25, 0.3) is 0 Å². The average Bonchev–Trinajstić information content (AvgIpc) is 2.45. The molecule has 114 valence electrons. The molecule has 5 nitrogen and oxygen atoms in total. The molecule has 0 fully saturated rings. The molecular formula is C14H24BrN3O2. The SMILES string of the molecule is COCCCN(CCOC)C(CN)c1cncc(Br)c1. The summed E-state index contributed by atoms with van der Waals surface area (Å²) >= 11 is 3.46. The van der Waals surface area contributed by atoms with Gasteiger partial charge in [-0.15, -0.1) is 0 Å². The lowest BCUT2D eigenvalue weighted by Gasteiger charge is -2.31. The lowest BCUT2D eigenvalue weighted by Crippen LogP contribution is -2.37. The quantitative estimate of drug-likeness (QED) is 0.655. The van der Waals surface area contributed by atoms with Gasteiger partial charge in [0.05, 0.1) is 6.61 Å². The molecule has 0 saturated carbocycles. The number of rotatable bonds is 10. The summed E-state index contributed by atoms with van der Waals surface area (Å²) in [5.41, 5.74) is 7.10. The number of ether oxygens (including phenoxy) is 2. The molecular weight excluding hydrogens is 322 g/mol. The van der Waals surface area contributed by atoms with Gasteiger partial charge in [-0.05, 0) is 34.0 Å². The molecule has 0 radical (unpaired) electrons. The van der Waals surface area contributed by atoms with Gasteiger partial charge >= 0.3 is 0 Å². The molecule has 0 amide bonds. The molecule has 0 bridgehead atoms. The molecule has 0 aliphatic heterocycles. The number of hydrogen-bond acceptors (Lipinski definition) is 5. The predicted molar refractivity (Wildman–Crippen MR) is 83.7 cm³/mol. The van der Waals surface area contributed by atoms with Gasteiger partial charge in [-0.3, -0.25) is 9.88 Å². The number of methoxy groups -OCH3 is 2. The first-order chi connectivity index (χ1) is 9.72. The van der Waals surface area contributed by atoms with Crippen LogP contribution in [-0.2, 0) is 9.47 Å². The van der Waals surface area contributed by atoms with Crippen molar-refractivity contribution in [3.8, 4) is 0 Å². The first-order valence-corrected chi connectivity index (χ1v) is 7.54. The summed E-state index contributed by atoms with van der Waals surface area (Å²) in [6, 6.07) is 2.22. The highest BCUT2D eigenvalue weighted by Gasteiger charge is 2.19. The van der Waals surface area contributed by atoms with Gasteiger partial charge in [-0.25, -0.2) is 0 Å². The largest absolute Gasteiger partial charge is 0.385 e. The van der Waals surface area contributed by atoms with Crippen LogP contribution >= 0.6 is 15.9 Å². The topological polar surface area (TPSA) is 60.6 Å². The van der Waals surface area contributed by atoms with Crippen LogP contribution in [0.1, 0.15) is 18.0 Å². The van der Waals surface area contributed by atoms with Crippen molar-refractivity contribution in [3.63, 3.8) is 0 Å². The zero-order valence-corrected chi connectivity index (χ0v) is 13.8. The van der Waals surface area contributed by atoms with E-state index in [1.165, 1.54) is 0 Å². The Morgan fingerprint density at radius 3 is 2.60 bits per heavy atom. The Labute approximate surface area is 129 Å². The molecule has 0 aliphatic carbocycles. The number of nitrogens with two attached hydrogens (primary N) is 1. The van der Waals surface area contributed by atoms with Crippen molar-refractivity contribution in [2.75, 3.05) is 47.1 Å². The zero-order chi connectivity index (χ0) is 14.8. The monoisotopic (exact) mass is 345 g/mol. The van der Waals surface area contributed by atoms with Crippen LogP contribution < -0.4 is 5.73 Å². The van der Waals surface area contributed by atoms with E-state index in [9.17, 15) is 0 Å². The van der Waals surface area contributed by atoms with E-state index in [1.807, 2.05) is 6.20 Å². The lowest BCUT2D eigenvalue weighted by molar-refractivity contribution is 0.108. The van der Waals surface area contributed by atoms with Crippen molar-refractivity contribution in [1.29, 1.82) is 0 Å². The van der Waals surface area contributed by atoms with E-state index in [1.54, 1.807) is 20.4 Å². The van der Waals surface area contributed by atoms with E-state index < -0.39 is 0 Å². The first kappa shape index (κ1) is 17.5. The fraction of sp³-hybridized carbons (Fsp3) is 0.643. The van der Waals surface area contributed by atoms with Crippen LogP contribution in [0.3, 0.4) is 0 Å². The molecule has 0 aliphatic rings. The molecule has 1 rings (SSSR count). The van der Waals surface area contributed by atoms with Crippen LogP contribution in [0.15, 0.2) is 22.9 Å². The summed E-state index contributed by atoms with van der Waals surface area (Å²) in [5.74, 6) is 0. The van der Waals surface area contributed by atoms with Crippen LogP contribution in [0, 0.1) is 0 Å². The average molecular weight is 346 g/mol. The van der Waals surface area contributed by atoms with Crippen LogP contribution in [0.25, 0.3) is 0 Å². The standard InChI is InChI=1S/C14H24BrN3O2/c1-19-6-3-4-18(5-7-20-2)14(9-16)12-8-13(15)11-17-10-12/h8,10-11,14H,3-7,9,16H2,1-2H3. The van der Waals surface area contributed by atoms with Gasteiger partial charge in [-0.2, -0.15) is 0 Å². The van der Waals surface area contributed by atoms with Gasteiger partial charge < -0.3 is 15.2 Å². The van der Waals surface area contributed by atoms with Crippen LogP contribution in [0.2, 0.25) is 0 Å². The molecule has 0 saturated heterocycles. The number of pyridine rings is 1. The van der Waals surface area contributed by atoms with Crippen molar-refractivity contribution in [2.24, 2.45) is 5.73 Å². The van der Waals surface area contributed by atoms with Gasteiger partial charge in [0, 0.05) is 63.4 Å². The second-order valence-corrected chi connectivity index (χ2v) is 5.48. The summed E-state index contributed by atoms with van der Waals surface area (Å²) in [4.78, 5) is 6.55. The Bertz CT molecular complexity index is 379. The third kappa shape index (κ3) is 5.85. The number of hydrogen-bond donors (Lipinski definition) is 1.